The highest BCUT2D eigenvalue weighted by Gasteiger charge is 2.17. The molecule has 2 N–H and O–H groups in total. The fraction of sp³-hybridized carbons (Fsp3) is 0.222. The van der Waals surface area contributed by atoms with Crippen LogP contribution in [-0.4, -0.2) is 11.8 Å². The van der Waals surface area contributed by atoms with E-state index >= 15 is 0 Å². The van der Waals surface area contributed by atoms with Gasteiger partial charge in [0.25, 0.3) is 0 Å². The summed E-state index contributed by atoms with van der Waals surface area (Å²) < 4.78 is 0.730. The Morgan fingerprint density at radius 2 is 2.21 bits per heavy atom. The van der Waals surface area contributed by atoms with Crippen molar-refractivity contribution in [1.29, 1.82) is 0 Å². The van der Waals surface area contributed by atoms with Gasteiger partial charge in [0, 0.05) is 10.4 Å². The molecule has 1 amide bonds. The molecule has 0 fully saturated rings. The summed E-state index contributed by atoms with van der Waals surface area (Å²) in [5.41, 5.74) is 5.96. The molecule has 76 valence electrons. The number of nitrogens with two attached hydrogens (primary N) is 1. The number of halogens is 3. The largest absolute Gasteiger partial charge is 0.369 e. The fourth-order valence-corrected chi connectivity index (χ4v) is 1.90. The third-order valence-electron chi connectivity index (χ3n) is 1.84. The molecule has 1 aromatic rings. The van der Waals surface area contributed by atoms with Crippen molar-refractivity contribution in [2.75, 3.05) is 5.88 Å². The normalized spacial score (nSPS) is 12.5. The van der Waals surface area contributed by atoms with E-state index in [2.05, 4.69) is 15.9 Å². The highest BCUT2D eigenvalue weighted by molar-refractivity contribution is 9.10. The second kappa shape index (κ2) is 5.01. The van der Waals surface area contributed by atoms with E-state index in [-0.39, 0.29) is 5.88 Å². The number of carbonyl (C=O) groups is 1. The van der Waals surface area contributed by atoms with Crippen LogP contribution in [-0.2, 0) is 4.79 Å². The molecule has 0 radical (unpaired) electrons. The molecule has 0 heterocycles. The molecule has 1 rings (SSSR count). The number of primary amides is 1. The van der Waals surface area contributed by atoms with Crippen molar-refractivity contribution in [2.45, 2.75) is 5.92 Å². The maximum absolute atomic E-state index is 11.0. The summed E-state index contributed by atoms with van der Waals surface area (Å²) in [6.45, 7) is 0. The molecule has 14 heavy (non-hydrogen) atoms. The van der Waals surface area contributed by atoms with Crippen LogP contribution >= 0.6 is 39.1 Å². The maximum Gasteiger partial charge on any atom is 0.226 e. The van der Waals surface area contributed by atoms with Gasteiger partial charge in [0.1, 0.15) is 0 Å². The van der Waals surface area contributed by atoms with E-state index in [4.69, 9.17) is 28.9 Å². The Balaban J connectivity index is 3.06. The minimum absolute atomic E-state index is 0.170. The second-order valence-corrected chi connectivity index (χ2v) is 4.35. The van der Waals surface area contributed by atoms with Gasteiger partial charge in [-0.3, -0.25) is 4.79 Å². The van der Waals surface area contributed by atoms with Crippen LogP contribution in [0.5, 0.6) is 0 Å². The molecule has 2 nitrogen and oxygen atoms in total. The van der Waals surface area contributed by atoms with E-state index < -0.39 is 11.8 Å². The van der Waals surface area contributed by atoms with Crippen LogP contribution in [0.4, 0.5) is 0 Å². The van der Waals surface area contributed by atoms with Crippen molar-refractivity contribution >= 4 is 45.0 Å². The van der Waals surface area contributed by atoms with Crippen molar-refractivity contribution in [2.24, 2.45) is 5.73 Å². The summed E-state index contributed by atoms with van der Waals surface area (Å²) in [5.74, 6) is -0.733. The molecule has 0 aliphatic carbocycles. The van der Waals surface area contributed by atoms with Gasteiger partial charge in [0.05, 0.1) is 10.9 Å². The Hall–Kier alpha value is -0.250. The molecular formula is C9H8BrCl2NO. The monoisotopic (exact) mass is 295 g/mol. The van der Waals surface area contributed by atoms with Gasteiger partial charge in [-0.05, 0) is 33.6 Å². The van der Waals surface area contributed by atoms with Gasteiger partial charge in [0.15, 0.2) is 0 Å². The minimum atomic E-state index is -0.467. The predicted octanol–water partition coefficient (Wildman–Crippen LogP) is 2.91. The first-order valence-corrected chi connectivity index (χ1v) is 5.57. The summed E-state index contributed by atoms with van der Waals surface area (Å²) in [4.78, 5) is 11.0. The third kappa shape index (κ3) is 2.62. The average molecular weight is 297 g/mol. The summed E-state index contributed by atoms with van der Waals surface area (Å²) in [7, 11) is 0. The number of alkyl halides is 1. The van der Waals surface area contributed by atoms with Crippen LogP contribution in [0.15, 0.2) is 22.7 Å². The lowest BCUT2D eigenvalue weighted by Gasteiger charge is -2.10. The molecule has 1 atom stereocenters. The Labute approximate surface area is 101 Å². The lowest BCUT2D eigenvalue weighted by Crippen LogP contribution is -2.22. The lowest BCUT2D eigenvalue weighted by molar-refractivity contribution is -0.119. The first-order valence-electron chi connectivity index (χ1n) is 3.86. The molecule has 0 saturated carbocycles. The number of benzene rings is 1. The van der Waals surface area contributed by atoms with E-state index in [0.717, 1.165) is 10.0 Å². The summed E-state index contributed by atoms with van der Waals surface area (Å²) in [5, 5.41) is 0.589. The zero-order chi connectivity index (χ0) is 10.7. The fourth-order valence-electron chi connectivity index (χ4n) is 1.06. The van der Waals surface area contributed by atoms with E-state index in [1.54, 1.807) is 18.2 Å². The Morgan fingerprint density at radius 1 is 1.57 bits per heavy atom. The second-order valence-electron chi connectivity index (χ2n) is 2.78. The minimum Gasteiger partial charge on any atom is -0.369 e. The molecule has 1 aromatic carbocycles. The number of carbonyl (C=O) groups excluding carboxylic acids is 1. The van der Waals surface area contributed by atoms with Crippen molar-refractivity contribution in [3.8, 4) is 0 Å². The maximum atomic E-state index is 11.0. The topological polar surface area (TPSA) is 43.1 Å². The molecule has 0 saturated heterocycles. The van der Waals surface area contributed by atoms with Crippen molar-refractivity contribution in [3.05, 3.63) is 33.3 Å². The SMILES string of the molecule is NC(=O)C(CCl)c1ccc(Cl)c(Br)c1. The smallest absolute Gasteiger partial charge is 0.226 e. The molecule has 5 heteroatoms. The molecule has 0 bridgehead atoms. The molecule has 0 aliphatic rings. The van der Waals surface area contributed by atoms with Crippen molar-refractivity contribution in [3.63, 3.8) is 0 Å². The van der Waals surface area contributed by atoms with Gasteiger partial charge >= 0.3 is 0 Å². The van der Waals surface area contributed by atoms with Gasteiger partial charge in [-0.25, -0.2) is 0 Å². The van der Waals surface area contributed by atoms with Crippen molar-refractivity contribution in [1.82, 2.24) is 0 Å². The van der Waals surface area contributed by atoms with Gasteiger partial charge in [-0.15, -0.1) is 11.6 Å². The van der Waals surface area contributed by atoms with E-state index in [0.29, 0.717) is 5.02 Å². The van der Waals surface area contributed by atoms with Crippen LogP contribution < -0.4 is 5.73 Å². The van der Waals surface area contributed by atoms with E-state index in [1.807, 2.05) is 0 Å². The molecule has 0 spiro atoms. The molecule has 0 aliphatic heterocycles. The van der Waals surface area contributed by atoms with Crippen LogP contribution in [0.3, 0.4) is 0 Å². The molecule has 1 unspecified atom stereocenters. The Kier molecular flexibility index (Phi) is 4.23. The number of amides is 1. The molecule has 0 aromatic heterocycles. The quantitative estimate of drug-likeness (QED) is 0.856. The number of rotatable bonds is 3. The summed E-state index contributed by atoms with van der Waals surface area (Å²) in [6, 6.07) is 5.19. The van der Waals surface area contributed by atoms with Crippen LogP contribution in [0.25, 0.3) is 0 Å². The zero-order valence-electron chi connectivity index (χ0n) is 7.14. The first-order chi connectivity index (χ1) is 6.56. The standard InChI is InChI=1S/C9H8BrCl2NO/c10-7-3-5(1-2-8(7)12)6(4-11)9(13)14/h1-3,6H,4H2,(H2,13,14). The molecular weight excluding hydrogens is 289 g/mol. The van der Waals surface area contributed by atoms with Crippen LogP contribution in [0, 0.1) is 0 Å². The van der Waals surface area contributed by atoms with E-state index in [9.17, 15) is 4.79 Å². The van der Waals surface area contributed by atoms with Crippen LogP contribution in [0.2, 0.25) is 5.02 Å². The summed E-state index contributed by atoms with van der Waals surface area (Å²) >= 11 is 14.7. The Bertz CT molecular complexity index is 357. The summed E-state index contributed by atoms with van der Waals surface area (Å²) in [6.07, 6.45) is 0. The number of hydrogen-bond acceptors (Lipinski definition) is 1. The highest BCUT2D eigenvalue weighted by atomic mass is 79.9. The van der Waals surface area contributed by atoms with E-state index in [1.165, 1.54) is 0 Å². The van der Waals surface area contributed by atoms with Crippen molar-refractivity contribution < 1.29 is 4.79 Å². The average Bonchev–Trinajstić information content (AvgIpc) is 2.11. The zero-order valence-corrected chi connectivity index (χ0v) is 10.2. The highest BCUT2D eigenvalue weighted by Crippen LogP contribution is 2.27. The van der Waals surface area contributed by atoms with Crippen LogP contribution in [0.1, 0.15) is 11.5 Å². The third-order valence-corrected chi connectivity index (χ3v) is 3.37. The number of hydrogen-bond donors (Lipinski definition) is 1. The van der Waals surface area contributed by atoms with Gasteiger partial charge in [0.2, 0.25) is 5.91 Å². The van der Waals surface area contributed by atoms with Gasteiger partial charge in [-0.1, -0.05) is 17.7 Å². The van der Waals surface area contributed by atoms with Gasteiger partial charge in [-0.2, -0.15) is 0 Å². The van der Waals surface area contributed by atoms with Gasteiger partial charge < -0.3 is 5.73 Å². The first kappa shape index (κ1) is 11.8. The Morgan fingerprint density at radius 3 is 2.64 bits per heavy atom. The lowest BCUT2D eigenvalue weighted by atomic mass is 10.0. The predicted molar refractivity (Wildman–Crippen MR) is 61.8 cm³/mol.